The third kappa shape index (κ3) is 3.99. The standard InChI is InChI=1S/C15H14ClN3O4/c16-11-6-9(14(20)13(7-11)19(22)23)5-10(8-17)15(21)18-12-3-1-2-4-12/h5-7,12,20H,1-4H2,(H,18,21)/b10-5-. The quantitative estimate of drug-likeness (QED) is 0.380. The summed E-state index contributed by atoms with van der Waals surface area (Å²) in [6.07, 6.45) is 4.87. The summed E-state index contributed by atoms with van der Waals surface area (Å²) in [6, 6.07) is 4.03. The summed E-state index contributed by atoms with van der Waals surface area (Å²) < 4.78 is 0. The van der Waals surface area contributed by atoms with Crippen molar-refractivity contribution >= 4 is 29.3 Å². The summed E-state index contributed by atoms with van der Waals surface area (Å²) in [7, 11) is 0. The Kier molecular flexibility index (Phi) is 5.19. The number of carbonyl (C=O) groups is 1. The van der Waals surface area contributed by atoms with Crippen molar-refractivity contribution in [3.8, 4) is 11.8 Å². The molecule has 0 atom stereocenters. The van der Waals surface area contributed by atoms with Gasteiger partial charge in [0.05, 0.1) is 4.92 Å². The number of benzene rings is 1. The van der Waals surface area contributed by atoms with Gasteiger partial charge < -0.3 is 10.4 Å². The highest BCUT2D eigenvalue weighted by Gasteiger charge is 2.21. The Morgan fingerprint density at radius 3 is 2.70 bits per heavy atom. The number of nitro groups is 1. The van der Waals surface area contributed by atoms with Crippen LogP contribution in [0.2, 0.25) is 5.02 Å². The fourth-order valence-electron chi connectivity index (χ4n) is 2.49. The monoisotopic (exact) mass is 335 g/mol. The van der Waals surface area contributed by atoms with Gasteiger partial charge in [0, 0.05) is 22.7 Å². The van der Waals surface area contributed by atoms with Crippen LogP contribution in [0.4, 0.5) is 5.69 Å². The largest absolute Gasteiger partial charge is 0.502 e. The molecule has 0 radical (unpaired) electrons. The van der Waals surface area contributed by atoms with Crippen LogP contribution in [0, 0.1) is 21.4 Å². The maximum Gasteiger partial charge on any atom is 0.312 e. The summed E-state index contributed by atoms with van der Waals surface area (Å²) in [5.41, 5.74) is -0.886. The summed E-state index contributed by atoms with van der Waals surface area (Å²) in [4.78, 5) is 22.2. The number of nitro benzene ring substituents is 1. The van der Waals surface area contributed by atoms with Gasteiger partial charge in [-0.25, -0.2) is 0 Å². The number of aromatic hydroxyl groups is 1. The van der Waals surface area contributed by atoms with Crippen LogP contribution in [-0.4, -0.2) is 22.0 Å². The lowest BCUT2D eigenvalue weighted by molar-refractivity contribution is -0.385. The van der Waals surface area contributed by atoms with Gasteiger partial charge in [-0.15, -0.1) is 0 Å². The fourth-order valence-corrected chi connectivity index (χ4v) is 2.71. The lowest BCUT2D eigenvalue weighted by Crippen LogP contribution is -2.33. The second kappa shape index (κ2) is 7.11. The first kappa shape index (κ1) is 16.8. The average Bonchev–Trinajstić information content (AvgIpc) is 3.00. The minimum Gasteiger partial charge on any atom is -0.502 e. The highest BCUT2D eigenvalue weighted by molar-refractivity contribution is 6.31. The van der Waals surface area contributed by atoms with Gasteiger partial charge >= 0.3 is 5.69 Å². The molecule has 120 valence electrons. The second-order valence-electron chi connectivity index (χ2n) is 5.24. The maximum absolute atomic E-state index is 12.1. The van der Waals surface area contributed by atoms with Crippen LogP contribution in [0.25, 0.3) is 6.08 Å². The van der Waals surface area contributed by atoms with Gasteiger partial charge in [0.15, 0.2) is 0 Å². The molecule has 0 heterocycles. The molecular weight excluding hydrogens is 322 g/mol. The highest BCUT2D eigenvalue weighted by atomic mass is 35.5. The summed E-state index contributed by atoms with van der Waals surface area (Å²) >= 11 is 5.78. The number of hydrogen-bond donors (Lipinski definition) is 2. The van der Waals surface area contributed by atoms with E-state index in [1.165, 1.54) is 6.07 Å². The SMILES string of the molecule is N#C/C(=C/c1cc(Cl)cc([N+](=O)[O-])c1O)C(=O)NC1CCCC1. The van der Waals surface area contributed by atoms with E-state index < -0.39 is 22.3 Å². The number of halogens is 1. The van der Waals surface area contributed by atoms with Crippen LogP contribution >= 0.6 is 11.6 Å². The van der Waals surface area contributed by atoms with Crippen molar-refractivity contribution < 1.29 is 14.8 Å². The Bertz CT molecular complexity index is 718. The molecule has 2 rings (SSSR count). The van der Waals surface area contributed by atoms with Crippen LogP contribution < -0.4 is 5.32 Å². The van der Waals surface area contributed by atoms with Gasteiger partial charge in [-0.05, 0) is 25.0 Å². The Hall–Kier alpha value is -2.59. The molecule has 7 nitrogen and oxygen atoms in total. The van der Waals surface area contributed by atoms with Gasteiger partial charge in [-0.1, -0.05) is 24.4 Å². The predicted octanol–water partition coefficient (Wildman–Crippen LogP) is 2.92. The van der Waals surface area contributed by atoms with Crippen molar-refractivity contribution in [1.82, 2.24) is 5.32 Å². The van der Waals surface area contributed by atoms with Gasteiger partial charge in [0.25, 0.3) is 5.91 Å². The second-order valence-corrected chi connectivity index (χ2v) is 5.68. The number of hydrogen-bond acceptors (Lipinski definition) is 5. The zero-order valence-corrected chi connectivity index (χ0v) is 12.8. The van der Waals surface area contributed by atoms with Gasteiger partial charge in [0.2, 0.25) is 5.75 Å². The van der Waals surface area contributed by atoms with E-state index in [-0.39, 0.29) is 22.2 Å². The Morgan fingerprint density at radius 1 is 1.48 bits per heavy atom. The molecule has 1 saturated carbocycles. The number of nitriles is 1. The van der Waals surface area contributed by atoms with Gasteiger partial charge in [0.1, 0.15) is 11.6 Å². The maximum atomic E-state index is 12.1. The van der Waals surface area contributed by atoms with E-state index in [1.807, 2.05) is 0 Å². The zero-order valence-electron chi connectivity index (χ0n) is 12.1. The molecule has 1 aliphatic carbocycles. The smallest absolute Gasteiger partial charge is 0.312 e. The molecule has 1 fully saturated rings. The summed E-state index contributed by atoms with van der Waals surface area (Å²) in [6.45, 7) is 0. The molecule has 1 aliphatic rings. The topological polar surface area (TPSA) is 116 Å². The van der Waals surface area contributed by atoms with Crippen LogP contribution in [0.1, 0.15) is 31.2 Å². The fraction of sp³-hybridized carbons (Fsp3) is 0.333. The van der Waals surface area contributed by atoms with E-state index in [2.05, 4.69) is 5.32 Å². The minimum atomic E-state index is -0.788. The number of rotatable bonds is 4. The number of nitrogens with one attached hydrogen (secondary N) is 1. The molecule has 0 aromatic heterocycles. The zero-order chi connectivity index (χ0) is 17.0. The van der Waals surface area contributed by atoms with E-state index in [0.717, 1.165) is 37.8 Å². The van der Waals surface area contributed by atoms with Crippen molar-refractivity contribution in [3.05, 3.63) is 38.4 Å². The van der Waals surface area contributed by atoms with Gasteiger partial charge in [-0.2, -0.15) is 5.26 Å². The predicted molar refractivity (Wildman–Crippen MR) is 83.8 cm³/mol. The molecule has 0 saturated heterocycles. The van der Waals surface area contributed by atoms with Crippen molar-refractivity contribution in [3.63, 3.8) is 0 Å². The number of phenols is 1. The van der Waals surface area contributed by atoms with Crippen molar-refractivity contribution in [2.75, 3.05) is 0 Å². The lowest BCUT2D eigenvalue weighted by Gasteiger charge is -2.11. The molecule has 2 N–H and O–H groups in total. The third-order valence-corrected chi connectivity index (χ3v) is 3.85. The Balaban J connectivity index is 2.32. The Morgan fingerprint density at radius 2 is 2.13 bits per heavy atom. The molecule has 0 aliphatic heterocycles. The third-order valence-electron chi connectivity index (χ3n) is 3.64. The van der Waals surface area contributed by atoms with Crippen LogP contribution in [0.3, 0.4) is 0 Å². The molecule has 1 aromatic rings. The summed E-state index contributed by atoms with van der Waals surface area (Å²) in [5, 5.41) is 32.7. The van der Waals surface area contributed by atoms with E-state index in [1.54, 1.807) is 6.07 Å². The van der Waals surface area contributed by atoms with E-state index in [0.29, 0.717) is 0 Å². The van der Waals surface area contributed by atoms with Crippen molar-refractivity contribution in [2.24, 2.45) is 0 Å². The van der Waals surface area contributed by atoms with Crippen LogP contribution in [0.15, 0.2) is 17.7 Å². The molecule has 23 heavy (non-hydrogen) atoms. The molecule has 0 spiro atoms. The van der Waals surface area contributed by atoms with Crippen molar-refractivity contribution in [2.45, 2.75) is 31.7 Å². The molecule has 0 unspecified atom stereocenters. The Labute approximate surface area is 137 Å². The number of phenolic OH excluding ortho intramolecular Hbond substituents is 1. The molecular formula is C15H14ClN3O4. The first-order valence-electron chi connectivity index (χ1n) is 7.02. The van der Waals surface area contributed by atoms with Crippen LogP contribution in [0.5, 0.6) is 5.75 Å². The van der Waals surface area contributed by atoms with Crippen molar-refractivity contribution in [1.29, 1.82) is 5.26 Å². The van der Waals surface area contributed by atoms with E-state index >= 15 is 0 Å². The first-order valence-corrected chi connectivity index (χ1v) is 7.39. The van der Waals surface area contributed by atoms with E-state index in [4.69, 9.17) is 16.9 Å². The molecule has 0 bridgehead atoms. The van der Waals surface area contributed by atoms with Crippen LogP contribution in [-0.2, 0) is 4.79 Å². The highest BCUT2D eigenvalue weighted by Crippen LogP contribution is 2.34. The normalized spacial score (nSPS) is 15.2. The number of carbonyl (C=O) groups excluding carboxylic acids is 1. The lowest BCUT2D eigenvalue weighted by atomic mass is 10.1. The minimum absolute atomic E-state index is 0.0224. The molecule has 8 heteroatoms. The summed E-state index contributed by atoms with van der Waals surface area (Å²) in [5.74, 6) is -1.21. The average molecular weight is 336 g/mol. The number of nitrogens with zero attached hydrogens (tertiary/aromatic N) is 2. The molecule has 1 amide bonds. The number of amides is 1. The van der Waals surface area contributed by atoms with Gasteiger partial charge in [-0.3, -0.25) is 14.9 Å². The molecule has 1 aromatic carbocycles. The van der Waals surface area contributed by atoms with E-state index in [9.17, 15) is 20.0 Å². The first-order chi connectivity index (χ1) is 10.9.